The highest BCUT2D eigenvalue weighted by Crippen LogP contribution is 2.39. The Bertz CT molecular complexity index is 1130. The molecule has 1 heterocycles. The minimum atomic E-state index is 0.315. The average Bonchev–Trinajstić information content (AvgIpc) is 3.67. The number of ketones is 1. The third-order valence-electron chi connectivity index (χ3n) is 7.56. The van der Waals surface area contributed by atoms with Gasteiger partial charge >= 0.3 is 0 Å². The summed E-state index contributed by atoms with van der Waals surface area (Å²) in [6.45, 7) is 29.2. The normalized spacial score (nSPS) is 16.5. The van der Waals surface area contributed by atoms with E-state index < -0.39 is 0 Å². The lowest BCUT2D eigenvalue weighted by atomic mass is 9.81. The van der Waals surface area contributed by atoms with Gasteiger partial charge < -0.3 is 11.1 Å². The summed E-state index contributed by atoms with van der Waals surface area (Å²) in [4.78, 5) is 15.4. The van der Waals surface area contributed by atoms with E-state index in [1.165, 1.54) is 33.3 Å². The molecule has 3 atom stereocenters. The molecule has 1 aromatic heterocycles. The summed E-state index contributed by atoms with van der Waals surface area (Å²) in [7, 11) is 0. The number of Topliss-reactive ketones (excluding diaryl/α,β-unsaturated/α-hetero) is 1. The van der Waals surface area contributed by atoms with Crippen LogP contribution in [0, 0.1) is 37.0 Å². The van der Waals surface area contributed by atoms with Crippen LogP contribution in [0.4, 0.5) is 0 Å². The number of nitrogens with one attached hydrogen (secondary N) is 1. The van der Waals surface area contributed by atoms with Crippen molar-refractivity contribution in [2.45, 2.75) is 100 Å². The molecule has 40 heavy (non-hydrogen) atoms. The highest BCUT2D eigenvalue weighted by Gasteiger charge is 2.37. The van der Waals surface area contributed by atoms with Crippen LogP contribution in [0.25, 0.3) is 10.9 Å². The van der Waals surface area contributed by atoms with Gasteiger partial charge in [0.05, 0.1) is 5.52 Å². The van der Waals surface area contributed by atoms with Gasteiger partial charge in [-0.3, -0.25) is 9.78 Å². The maximum Gasteiger partial charge on any atom is 0.133 e. The Balaban J connectivity index is 0.000000319. The summed E-state index contributed by atoms with van der Waals surface area (Å²) in [6.07, 6.45) is 11.3. The number of pyridine rings is 1. The van der Waals surface area contributed by atoms with Crippen molar-refractivity contribution >= 4 is 16.7 Å². The van der Waals surface area contributed by atoms with Crippen molar-refractivity contribution in [3.8, 4) is 0 Å². The van der Waals surface area contributed by atoms with Crippen molar-refractivity contribution in [1.82, 2.24) is 10.3 Å². The Morgan fingerprint density at radius 3 is 2.35 bits per heavy atom. The summed E-state index contributed by atoms with van der Waals surface area (Å²) in [5, 5.41) is 4.40. The van der Waals surface area contributed by atoms with Crippen LogP contribution in [-0.2, 0) is 17.6 Å². The number of rotatable bonds is 12. The summed E-state index contributed by atoms with van der Waals surface area (Å²) in [5.74, 6) is 1.59. The summed E-state index contributed by atoms with van der Waals surface area (Å²) in [5.41, 5.74) is 13.5. The Kier molecular flexibility index (Phi) is 15.0. The van der Waals surface area contributed by atoms with E-state index in [1.54, 1.807) is 13.1 Å². The fourth-order valence-corrected chi connectivity index (χ4v) is 5.13. The second kappa shape index (κ2) is 17.0. The van der Waals surface area contributed by atoms with E-state index in [0.717, 1.165) is 57.2 Å². The fraction of sp³-hybridized carbons (Fsp3) is 0.556. The number of carbonyl (C=O) groups is 1. The van der Waals surface area contributed by atoms with Gasteiger partial charge in [0.25, 0.3) is 0 Å². The topological polar surface area (TPSA) is 68.0 Å². The van der Waals surface area contributed by atoms with Crippen molar-refractivity contribution in [2.24, 2.45) is 28.9 Å². The van der Waals surface area contributed by atoms with Gasteiger partial charge in [-0.2, -0.15) is 0 Å². The van der Waals surface area contributed by atoms with Gasteiger partial charge in [0.15, 0.2) is 0 Å². The Morgan fingerprint density at radius 1 is 1.23 bits per heavy atom. The van der Waals surface area contributed by atoms with Crippen molar-refractivity contribution in [3.05, 3.63) is 78.3 Å². The lowest BCUT2D eigenvalue weighted by Crippen LogP contribution is -2.20. The van der Waals surface area contributed by atoms with E-state index in [2.05, 4.69) is 91.7 Å². The number of nitrogens with two attached hydrogens (primary N) is 1. The van der Waals surface area contributed by atoms with Gasteiger partial charge in [-0.15, -0.1) is 6.58 Å². The fourth-order valence-electron chi connectivity index (χ4n) is 5.13. The molecule has 1 saturated carbocycles. The van der Waals surface area contributed by atoms with Crippen molar-refractivity contribution in [3.63, 3.8) is 0 Å². The van der Waals surface area contributed by atoms with Crippen molar-refractivity contribution < 1.29 is 4.79 Å². The quantitative estimate of drug-likeness (QED) is 0.206. The van der Waals surface area contributed by atoms with Gasteiger partial charge in [0.2, 0.25) is 0 Å². The monoisotopic (exact) mass is 547 g/mol. The van der Waals surface area contributed by atoms with Crippen LogP contribution in [0.5, 0.6) is 0 Å². The molecular weight excluding hydrogens is 490 g/mol. The molecule has 0 saturated heterocycles. The Labute approximate surface area is 245 Å². The van der Waals surface area contributed by atoms with Gasteiger partial charge in [0.1, 0.15) is 5.78 Å². The second-order valence-electron chi connectivity index (χ2n) is 12.5. The first kappa shape index (κ1) is 35.1. The molecule has 0 aliphatic heterocycles. The molecule has 3 unspecified atom stereocenters. The van der Waals surface area contributed by atoms with Crippen LogP contribution in [0.15, 0.2) is 55.9 Å². The summed E-state index contributed by atoms with van der Waals surface area (Å²) < 4.78 is 0. The highest BCUT2D eigenvalue weighted by molar-refractivity contribution is 5.86. The minimum Gasteiger partial charge on any atom is -0.402 e. The van der Waals surface area contributed by atoms with Gasteiger partial charge in [-0.05, 0) is 106 Å². The molecule has 0 bridgehead atoms. The minimum absolute atomic E-state index is 0.315. The Hall–Kier alpha value is -2.88. The molecule has 3 N–H and O–H groups in total. The van der Waals surface area contributed by atoms with Crippen LogP contribution in [0.2, 0.25) is 0 Å². The number of fused-ring (bicyclic) bond motifs is 1. The van der Waals surface area contributed by atoms with Crippen LogP contribution in [0.1, 0.15) is 96.0 Å². The van der Waals surface area contributed by atoms with Crippen molar-refractivity contribution in [2.75, 3.05) is 6.54 Å². The largest absolute Gasteiger partial charge is 0.402 e. The predicted molar refractivity (Wildman–Crippen MR) is 175 cm³/mol. The number of aryl methyl sites for hydroxylation is 4. The molecule has 3 rings (SSSR count). The Morgan fingerprint density at radius 2 is 1.90 bits per heavy atom. The van der Waals surface area contributed by atoms with Crippen LogP contribution >= 0.6 is 0 Å². The number of nitrogens with zero attached hydrogens (tertiary/aromatic N) is 1. The molecule has 0 spiro atoms. The number of allylic oxidation sites excluding steroid dienone is 2. The first-order valence-electron chi connectivity index (χ1n) is 15.1. The standard InChI is InChI=1S/C16H21N.C13H26N2.C7H10O/c1-5-7-14-10-11(3)15-9-8-13(6-2)12(4)16(15)17-14;1-6-15-9-7-8-12(11(2)14)10-13(3,4)5;1-3-6-4-7(6)5(2)8/h8-10H,5-7H2,1-4H3;6,12,15H,1-2,7-10,14H2,3-5H3;3,6-7H,1,4H2,2H3. The van der Waals surface area contributed by atoms with E-state index in [9.17, 15) is 4.79 Å². The first-order valence-corrected chi connectivity index (χ1v) is 15.1. The zero-order chi connectivity index (χ0) is 30.5. The lowest BCUT2D eigenvalue weighted by molar-refractivity contribution is -0.118. The van der Waals surface area contributed by atoms with Crippen LogP contribution in [0.3, 0.4) is 0 Å². The van der Waals surface area contributed by atoms with Gasteiger partial charge in [0, 0.05) is 29.2 Å². The second-order valence-corrected chi connectivity index (χ2v) is 12.5. The molecule has 1 aliphatic rings. The molecule has 1 aliphatic carbocycles. The smallest absolute Gasteiger partial charge is 0.133 e. The van der Waals surface area contributed by atoms with E-state index >= 15 is 0 Å². The molecule has 1 fully saturated rings. The third-order valence-corrected chi connectivity index (χ3v) is 7.56. The molecule has 0 amide bonds. The van der Waals surface area contributed by atoms with E-state index in [4.69, 9.17) is 10.7 Å². The van der Waals surface area contributed by atoms with E-state index in [-0.39, 0.29) is 0 Å². The predicted octanol–water partition coefficient (Wildman–Crippen LogP) is 8.79. The van der Waals surface area contributed by atoms with Gasteiger partial charge in [-0.1, -0.05) is 72.4 Å². The summed E-state index contributed by atoms with van der Waals surface area (Å²) in [6, 6.07) is 6.70. The number of hydrogen-bond acceptors (Lipinski definition) is 4. The van der Waals surface area contributed by atoms with Crippen LogP contribution < -0.4 is 11.1 Å². The molecule has 4 heteroatoms. The first-order chi connectivity index (χ1) is 18.8. The SMILES string of the molecule is C=CC1CC1C(C)=O.C=CNCCCC(CC(C)(C)C)C(=C)N.CCCc1cc(C)c2ccc(CC)c(C)c2n1. The number of aromatic nitrogens is 1. The molecule has 0 radical (unpaired) electrons. The van der Waals surface area contributed by atoms with E-state index in [0.29, 0.717) is 29.0 Å². The van der Waals surface area contributed by atoms with Crippen LogP contribution in [-0.4, -0.2) is 17.3 Å². The number of carbonyl (C=O) groups excluding carboxylic acids is 1. The number of hydrogen-bond donors (Lipinski definition) is 2. The highest BCUT2D eigenvalue weighted by atomic mass is 16.1. The molecule has 4 nitrogen and oxygen atoms in total. The third kappa shape index (κ3) is 12.1. The van der Waals surface area contributed by atoms with E-state index in [1.807, 2.05) is 6.08 Å². The number of benzene rings is 1. The zero-order valence-electron chi connectivity index (χ0n) is 26.8. The average molecular weight is 548 g/mol. The maximum absolute atomic E-state index is 10.5. The summed E-state index contributed by atoms with van der Waals surface area (Å²) >= 11 is 0. The maximum atomic E-state index is 10.5. The molecular formula is C36H57N3O. The van der Waals surface area contributed by atoms with Gasteiger partial charge in [-0.25, -0.2) is 0 Å². The lowest BCUT2D eigenvalue weighted by Gasteiger charge is -2.26. The van der Waals surface area contributed by atoms with Crippen molar-refractivity contribution in [1.29, 1.82) is 0 Å². The molecule has 2 aromatic rings. The molecule has 222 valence electrons. The molecule has 1 aromatic carbocycles. The zero-order valence-corrected chi connectivity index (χ0v) is 26.8.